The van der Waals surface area contributed by atoms with Crippen LogP contribution >= 0.6 is 0 Å². The quantitative estimate of drug-likeness (QED) is 0.874. The van der Waals surface area contributed by atoms with Gasteiger partial charge >= 0.3 is 0 Å². The summed E-state index contributed by atoms with van der Waals surface area (Å²) in [5.41, 5.74) is 2.45. The van der Waals surface area contributed by atoms with Crippen molar-refractivity contribution in [1.82, 2.24) is 14.9 Å². The molecule has 0 saturated heterocycles. The summed E-state index contributed by atoms with van der Waals surface area (Å²) < 4.78 is 2.00. The Hall–Kier alpha value is -1.88. The maximum absolute atomic E-state index is 12.2. The number of imidazole rings is 1. The molecule has 20 heavy (non-hydrogen) atoms. The Bertz CT molecular complexity index is 619. The second-order valence-electron chi connectivity index (χ2n) is 5.01. The highest BCUT2D eigenvalue weighted by atomic mass is 16.3. The van der Waals surface area contributed by atoms with E-state index in [-0.39, 0.29) is 18.6 Å². The van der Waals surface area contributed by atoms with Crippen molar-refractivity contribution in [3.63, 3.8) is 0 Å². The standard InChI is InChI=1S/C15H21N3O2/c1-4-12(7-8-19)17-15(20)11-5-6-14-13(9-11)16-10(2)18(14)3/h5-6,9,12,19H,4,7-8H2,1-3H3,(H,17,20). The summed E-state index contributed by atoms with van der Waals surface area (Å²) in [6, 6.07) is 5.54. The Morgan fingerprint density at radius 2 is 2.25 bits per heavy atom. The number of nitrogens with zero attached hydrogens (tertiary/aromatic N) is 2. The zero-order chi connectivity index (χ0) is 14.7. The van der Waals surface area contributed by atoms with Crippen LogP contribution in [0.3, 0.4) is 0 Å². The first-order valence-corrected chi connectivity index (χ1v) is 6.91. The predicted molar refractivity (Wildman–Crippen MR) is 78.7 cm³/mol. The van der Waals surface area contributed by atoms with E-state index in [1.807, 2.05) is 43.7 Å². The zero-order valence-corrected chi connectivity index (χ0v) is 12.2. The maximum Gasteiger partial charge on any atom is 0.251 e. The monoisotopic (exact) mass is 275 g/mol. The lowest BCUT2D eigenvalue weighted by Crippen LogP contribution is -2.35. The molecule has 1 atom stereocenters. The topological polar surface area (TPSA) is 67.2 Å². The molecule has 0 aliphatic rings. The number of aromatic nitrogens is 2. The molecule has 2 N–H and O–H groups in total. The van der Waals surface area contributed by atoms with Crippen LogP contribution < -0.4 is 5.32 Å². The molecule has 108 valence electrons. The number of aliphatic hydroxyl groups excluding tert-OH is 1. The number of aliphatic hydroxyl groups is 1. The van der Waals surface area contributed by atoms with Gasteiger partial charge in [-0.15, -0.1) is 0 Å². The smallest absolute Gasteiger partial charge is 0.251 e. The largest absolute Gasteiger partial charge is 0.396 e. The number of nitrogens with one attached hydrogen (secondary N) is 1. The fourth-order valence-electron chi connectivity index (χ4n) is 2.26. The van der Waals surface area contributed by atoms with Gasteiger partial charge in [0.25, 0.3) is 5.91 Å². The van der Waals surface area contributed by atoms with Crippen LogP contribution in [0.5, 0.6) is 0 Å². The molecule has 2 rings (SSSR count). The molecular weight excluding hydrogens is 254 g/mol. The molecule has 1 aromatic carbocycles. The van der Waals surface area contributed by atoms with E-state index in [9.17, 15) is 4.79 Å². The van der Waals surface area contributed by atoms with Gasteiger partial charge in [-0.1, -0.05) is 6.92 Å². The van der Waals surface area contributed by atoms with Crippen molar-refractivity contribution >= 4 is 16.9 Å². The number of fused-ring (bicyclic) bond motifs is 1. The molecule has 0 fully saturated rings. The van der Waals surface area contributed by atoms with E-state index < -0.39 is 0 Å². The summed E-state index contributed by atoms with van der Waals surface area (Å²) in [7, 11) is 1.96. The number of hydrogen-bond donors (Lipinski definition) is 2. The van der Waals surface area contributed by atoms with Crippen LogP contribution in [0.4, 0.5) is 0 Å². The van der Waals surface area contributed by atoms with E-state index in [0.29, 0.717) is 12.0 Å². The van der Waals surface area contributed by atoms with Crippen LogP contribution in [0.25, 0.3) is 11.0 Å². The minimum atomic E-state index is -0.115. The lowest BCUT2D eigenvalue weighted by atomic mass is 10.1. The SMILES string of the molecule is CCC(CCO)NC(=O)c1ccc2c(c1)nc(C)n2C. The van der Waals surface area contributed by atoms with Crippen LogP contribution in [-0.4, -0.2) is 33.2 Å². The molecule has 0 bridgehead atoms. The maximum atomic E-state index is 12.2. The number of carbonyl (C=O) groups is 1. The van der Waals surface area contributed by atoms with Crippen LogP contribution in [0.15, 0.2) is 18.2 Å². The number of amides is 1. The van der Waals surface area contributed by atoms with Gasteiger partial charge < -0.3 is 15.0 Å². The van der Waals surface area contributed by atoms with E-state index >= 15 is 0 Å². The predicted octanol–water partition coefficient (Wildman–Crippen LogP) is 1.77. The van der Waals surface area contributed by atoms with Crippen molar-refractivity contribution in [2.24, 2.45) is 7.05 Å². The van der Waals surface area contributed by atoms with Gasteiger partial charge in [-0.2, -0.15) is 0 Å². The molecule has 1 aromatic heterocycles. The van der Waals surface area contributed by atoms with Crippen molar-refractivity contribution < 1.29 is 9.90 Å². The number of benzene rings is 1. The Morgan fingerprint density at radius 1 is 1.50 bits per heavy atom. The normalized spacial score (nSPS) is 12.6. The van der Waals surface area contributed by atoms with E-state index in [2.05, 4.69) is 10.3 Å². The van der Waals surface area contributed by atoms with Gasteiger partial charge in [-0.05, 0) is 38.0 Å². The summed E-state index contributed by atoms with van der Waals surface area (Å²) >= 11 is 0. The number of hydrogen-bond acceptors (Lipinski definition) is 3. The highest BCUT2D eigenvalue weighted by Crippen LogP contribution is 2.16. The lowest BCUT2D eigenvalue weighted by Gasteiger charge is -2.15. The molecule has 0 radical (unpaired) electrons. The van der Waals surface area contributed by atoms with Gasteiger partial charge in [0.2, 0.25) is 0 Å². The van der Waals surface area contributed by atoms with Crippen LogP contribution in [0.2, 0.25) is 0 Å². The number of carbonyl (C=O) groups excluding carboxylic acids is 1. The average Bonchev–Trinajstić information content (AvgIpc) is 2.73. The number of rotatable bonds is 5. The molecule has 1 unspecified atom stereocenters. The van der Waals surface area contributed by atoms with Crippen LogP contribution in [-0.2, 0) is 7.05 Å². The molecule has 0 aliphatic heterocycles. The lowest BCUT2D eigenvalue weighted by molar-refractivity contribution is 0.0929. The fourth-order valence-corrected chi connectivity index (χ4v) is 2.26. The molecule has 5 heteroatoms. The Balaban J connectivity index is 2.22. The van der Waals surface area contributed by atoms with E-state index in [1.165, 1.54) is 0 Å². The van der Waals surface area contributed by atoms with E-state index in [1.54, 1.807) is 0 Å². The van der Waals surface area contributed by atoms with Crippen molar-refractivity contribution in [2.75, 3.05) is 6.61 Å². The van der Waals surface area contributed by atoms with Gasteiger partial charge in [0.05, 0.1) is 11.0 Å². The van der Waals surface area contributed by atoms with Crippen molar-refractivity contribution in [1.29, 1.82) is 0 Å². The van der Waals surface area contributed by atoms with Gasteiger partial charge in [0.15, 0.2) is 0 Å². The van der Waals surface area contributed by atoms with Crippen molar-refractivity contribution in [3.05, 3.63) is 29.6 Å². The zero-order valence-electron chi connectivity index (χ0n) is 12.2. The minimum Gasteiger partial charge on any atom is -0.396 e. The Kier molecular flexibility index (Phi) is 4.39. The Morgan fingerprint density at radius 3 is 2.90 bits per heavy atom. The third-order valence-corrected chi connectivity index (χ3v) is 3.67. The highest BCUT2D eigenvalue weighted by molar-refractivity contribution is 5.97. The van der Waals surface area contributed by atoms with E-state index in [0.717, 1.165) is 23.3 Å². The summed E-state index contributed by atoms with van der Waals surface area (Å²) in [4.78, 5) is 16.6. The molecule has 0 saturated carbocycles. The van der Waals surface area contributed by atoms with Gasteiger partial charge in [0, 0.05) is 25.3 Å². The molecule has 0 spiro atoms. The molecular formula is C15H21N3O2. The summed E-state index contributed by atoms with van der Waals surface area (Å²) in [5.74, 6) is 0.805. The van der Waals surface area contributed by atoms with Gasteiger partial charge in [0.1, 0.15) is 5.82 Å². The van der Waals surface area contributed by atoms with Gasteiger partial charge in [-0.3, -0.25) is 4.79 Å². The minimum absolute atomic E-state index is 0.00802. The van der Waals surface area contributed by atoms with Gasteiger partial charge in [-0.25, -0.2) is 4.98 Å². The molecule has 5 nitrogen and oxygen atoms in total. The molecule has 0 aliphatic carbocycles. The van der Waals surface area contributed by atoms with Crippen molar-refractivity contribution in [3.8, 4) is 0 Å². The van der Waals surface area contributed by atoms with Crippen LogP contribution in [0, 0.1) is 6.92 Å². The van der Waals surface area contributed by atoms with Crippen LogP contribution in [0.1, 0.15) is 35.9 Å². The first-order chi connectivity index (χ1) is 9.56. The van der Waals surface area contributed by atoms with Crippen molar-refractivity contribution in [2.45, 2.75) is 32.7 Å². The second-order valence-corrected chi connectivity index (χ2v) is 5.01. The second kappa shape index (κ2) is 6.05. The summed E-state index contributed by atoms with van der Waals surface area (Å²) in [6.45, 7) is 4.01. The van der Waals surface area contributed by atoms with E-state index in [4.69, 9.17) is 5.11 Å². The Labute approximate surface area is 118 Å². The third-order valence-electron chi connectivity index (χ3n) is 3.67. The third kappa shape index (κ3) is 2.82. The first kappa shape index (κ1) is 14.5. The average molecular weight is 275 g/mol. The number of aryl methyl sites for hydroxylation is 2. The summed E-state index contributed by atoms with van der Waals surface area (Å²) in [6.07, 6.45) is 1.38. The summed E-state index contributed by atoms with van der Waals surface area (Å²) in [5, 5.41) is 11.9. The molecule has 1 amide bonds. The molecule has 1 heterocycles. The molecule has 2 aromatic rings. The fraction of sp³-hybridized carbons (Fsp3) is 0.467. The highest BCUT2D eigenvalue weighted by Gasteiger charge is 2.13. The first-order valence-electron chi connectivity index (χ1n) is 6.91.